The van der Waals surface area contributed by atoms with Crippen LogP contribution in [-0.2, 0) is 5.41 Å². The Hall–Kier alpha value is -6.29. The zero-order valence-electron chi connectivity index (χ0n) is 28.5. The Morgan fingerprint density at radius 1 is 0.500 bits per heavy atom. The van der Waals surface area contributed by atoms with Gasteiger partial charge in [-0.1, -0.05) is 140 Å². The van der Waals surface area contributed by atoms with Crippen LogP contribution in [0.3, 0.4) is 0 Å². The van der Waals surface area contributed by atoms with E-state index in [-0.39, 0.29) is 5.41 Å². The lowest BCUT2D eigenvalue weighted by Gasteiger charge is -2.28. The summed E-state index contributed by atoms with van der Waals surface area (Å²) in [6.45, 7) is 2.42. The summed E-state index contributed by atoms with van der Waals surface area (Å²) in [7, 11) is 0. The molecule has 0 saturated heterocycles. The summed E-state index contributed by atoms with van der Waals surface area (Å²) in [5.74, 6) is 0.912. The van der Waals surface area contributed by atoms with Gasteiger partial charge >= 0.3 is 0 Å². The van der Waals surface area contributed by atoms with Crippen molar-refractivity contribution >= 4 is 53.3 Å². The van der Waals surface area contributed by atoms with Gasteiger partial charge in [-0.2, -0.15) is 0 Å². The Kier molecular flexibility index (Phi) is 6.29. The Morgan fingerprint density at radius 3 is 1.96 bits per heavy atom. The van der Waals surface area contributed by atoms with Gasteiger partial charge in [-0.05, 0) is 76.7 Å². The van der Waals surface area contributed by atoms with Crippen molar-refractivity contribution in [1.82, 2.24) is 9.55 Å². The highest BCUT2D eigenvalue weighted by Crippen LogP contribution is 2.57. The van der Waals surface area contributed by atoms with E-state index in [1.807, 2.05) is 11.3 Å². The zero-order valence-corrected chi connectivity index (χ0v) is 29.4. The SMILES string of the molecule is CC1(c2ccccc2)c2cc3c4ccccc4n(-c4cc(-c5ccccc5)cc(-c5ccccc5)n4)c3cc2-c2c1ccc1c2sc2ccccc21. The van der Waals surface area contributed by atoms with Crippen LogP contribution in [0.2, 0.25) is 0 Å². The minimum absolute atomic E-state index is 0.320. The number of benzene rings is 7. The van der Waals surface area contributed by atoms with Gasteiger partial charge in [0.1, 0.15) is 5.82 Å². The summed E-state index contributed by atoms with van der Waals surface area (Å²) in [6, 6.07) is 64.1. The fourth-order valence-corrected chi connectivity index (χ4v) is 10.0. The van der Waals surface area contributed by atoms with Crippen LogP contribution in [0, 0.1) is 0 Å². The van der Waals surface area contributed by atoms with Crippen molar-refractivity contribution in [1.29, 1.82) is 0 Å². The molecule has 0 amide bonds. The molecule has 1 aliphatic carbocycles. The third-order valence-electron chi connectivity index (χ3n) is 11.3. The molecule has 0 aliphatic heterocycles. The van der Waals surface area contributed by atoms with E-state index in [1.165, 1.54) is 64.3 Å². The van der Waals surface area contributed by atoms with Gasteiger partial charge in [-0.15, -0.1) is 11.3 Å². The second kappa shape index (κ2) is 11.1. The molecule has 7 aromatic carbocycles. The van der Waals surface area contributed by atoms with Crippen molar-refractivity contribution in [2.45, 2.75) is 12.3 Å². The van der Waals surface area contributed by atoms with E-state index in [2.05, 4.69) is 187 Å². The van der Waals surface area contributed by atoms with E-state index in [4.69, 9.17) is 4.98 Å². The van der Waals surface area contributed by atoms with Gasteiger partial charge in [0.15, 0.2) is 0 Å². The van der Waals surface area contributed by atoms with Gasteiger partial charge in [-0.25, -0.2) is 4.98 Å². The smallest absolute Gasteiger partial charge is 0.138 e. The minimum atomic E-state index is -0.320. The molecule has 1 atom stereocenters. The maximum atomic E-state index is 5.43. The lowest BCUT2D eigenvalue weighted by Crippen LogP contribution is -2.22. The van der Waals surface area contributed by atoms with Crippen molar-refractivity contribution in [3.8, 4) is 39.3 Å². The second-order valence-corrected chi connectivity index (χ2v) is 15.1. The molecular weight excluding hydrogens is 649 g/mol. The molecule has 0 radical (unpaired) electrons. The van der Waals surface area contributed by atoms with Crippen molar-refractivity contribution in [2.24, 2.45) is 0 Å². The molecule has 0 N–H and O–H groups in total. The average Bonchev–Trinajstić information content (AvgIpc) is 3.84. The number of fused-ring (bicyclic) bond motifs is 10. The third-order valence-corrected chi connectivity index (χ3v) is 12.5. The summed E-state index contributed by atoms with van der Waals surface area (Å²) in [5.41, 5.74) is 13.1. The van der Waals surface area contributed by atoms with Crippen molar-refractivity contribution < 1.29 is 0 Å². The van der Waals surface area contributed by atoms with Crippen LogP contribution in [0.15, 0.2) is 176 Å². The van der Waals surface area contributed by atoms with Crippen LogP contribution >= 0.6 is 11.3 Å². The first-order valence-electron chi connectivity index (χ1n) is 17.9. The normalized spacial score (nSPS) is 15.1. The number of nitrogens with zero attached hydrogens (tertiary/aromatic N) is 2. The fourth-order valence-electron chi connectivity index (χ4n) is 8.77. The summed E-state index contributed by atoms with van der Waals surface area (Å²) < 4.78 is 5.08. The Bertz CT molecular complexity index is 2950. The van der Waals surface area contributed by atoms with Crippen LogP contribution in [0.5, 0.6) is 0 Å². The number of para-hydroxylation sites is 1. The number of hydrogen-bond donors (Lipinski definition) is 0. The molecule has 3 aromatic heterocycles. The van der Waals surface area contributed by atoms with E-state index >= 15 is 0 Å². The molecule has 11 rings (SSSR count). The molecule has 2 nitrogen and oxygen atoms in total. The predicted octanol–water partition coefficient (Wildman–Crippen LogP) is 13.2. The first-order chi connectivity index (χ1) is 25.7. The summed E-state index contributed by atoms with van der Waals surface area (Å²) in [6.07, 6.45) is 0. The fraction of sp³-hybridized carbons (Fsp3) is 0.0408. The highest BCUT2D eigenvalue weighted by molar-refractivity contribution is 7.26. The standard InChI is InChI=1S/C49H32N2S/c1-49(34-19-9-4-10-20-34)40-26-25-37-36-22-12-14-24-45(36)52-48(37)47(40)39-30-44-38(29-41(39)49)35-21-11-13-23-43(35)51(44)46-28-33(31-15-5-2-6-16-31)27-42(50-46)32-17-7-3-8-18-32/h2-30H,1H3. The van der Waals surface area contributed by atoms with Crippen molar-refractivity contribution in [2.75, 3.05) is 0 Å². The zero-order chi connectivity index (χ0) is 34.4. The highest BCUT2D eigenvalue weighted by atomic mass is 32.1. The monoisotopic (exact) mass is 680 g/mol. The molecule has 0 spiro atoms. The van der Waals surface area contributed by atoms with E-state index in [1.54, 1.807) is 0 Å². The van der Waals surface area contributed by atoms with Gasteiger partial charge in [0.2, 0.25) is 0 Å². The van der Waals surface area contributed by atoms with Crippen LogP contribution in [-0.4, -0.2) is 9.55 Å². The molecule has 0 bridgehead atoms. The summed E-state index contributed by atoms with van der Waals surface area (Å²) >= 11 is 1.92. The Labute approximate surface area is 305 Å². The molecule has 0 saturated carbocycles. The lowest BCUT2D eigenvalue weighted by atomic mass is 9.74. The highest BCUT2D eigenvalue weighted by Gasteiger charge is 2.42. The molecule has 0 fully saturated rings. The van der Waals surface area contributed by atoms with Gasteiger partial charge in [-0.3, -0.25) is 4.57 Å². The van der Waals surface area contributed by atoms with E-state index < -0.39 is 0 Å². The number of pyridine rings is 1. The van der Waals surface area contributed by atoms with Crippen LogP contribution in [0.4, 0.5) is 0 Å². The first-order valence-corrected chi connectivity index (χ1v) is 18.7. The first kappa shape index (κ1) is 29.4. The third kappa shape index (κ3) is 4.14. The van der Waals surface area contributed by atoms with E-state index in [0.29, 0.717) is 0 Å². The maximum absolute atomic E-state index is 5.43. The van der Waals surface area contributed by atoms with E-state index in [0.717, 1.165) is 33.7 Å². The van der Waals surface area contributed by atoms with Gasteiger partial charge in [0, 0.05) is 47.5 Å². The number of rotatable bonds is 4. The topological polar surface area (TPSA) is 17.8 Å². The van der Waals surface area contributed by atoms with Gasteiger partial charge in [0.05, 0.1) is 16.7 Å². The molecule has 10 aromatic rings. The second-order valence-electron chi connectivity index (χ2n) is 14.1. The van der Waals surface area contributed by atoms with Crippen molar-refractivity contribution in [3.63, 3.8) is 0 Å². The Morgan fingerprint density at radius 2 is 1.17 bits per heavy atom. The van der Waals surface area contributed by atoms with Gasteiger partial charge < -0.3 is 0 Å². The molecule has 1 aliphatic rings. The van der Waals surface area contributed by atoms with Gasteiger partial charge in [0.25, 0.3) is 0 Å². The largest absolute Gasteiger partial charge is 0.294 e. The summed E-state index contributed by atoms with van der Waals surface area (Å²) in [5, 5.41) is 5.12. The number of aromatic nitrogens is 2. The molecule has 3 heterocycles. The molecule has 1 unspecified atom stereocenters. The van der Waals surface area contributed by atoms with Crippen LogP contribution < -0.4 is 0 Å². The number of hydrogen-bond acceptors (Lipinski definition) is 2. The average molecular weight is 681 g/mol. The molecule has 244 valence electrons. The van der Waals surface area contributed by atoms with E-state index in [9.17, 15) is 0 Å². The lowest BCUT2D eigenvalue weighted by molar-refractivity contribution is 0.715. The quantitative estimate of drug-likeness (QED) is 0.181. The molecule has 3 heteroatoms. The summed E-state index contributed by atoms with van der Waals surface area (Å²) in [4.78, 5) is 5.43. The predicted molar refractivity (Wildman–Crippen MR) is 220 cm³/mol. The molecular formula is C49H32N2S. The Balaban J connectivity index is 1.26. The molecule has 52 heavy (non-hydrogen) atoms. The maximum Gasteiger partial charge on any atom is 0.138 e. The minimum Gasteiger partial charge on any atom is -0.294 e. The van der Waals surface area contributed by atoms with Crippen molar-refractivity contribution in [3.05, 3.63) is 193 Å². The van der Waals surface area contributed by atoms with Crippen LogP contribution in [0.1, 0.15) is 23.6 Å². The van der Waals surface area contributed by atoms with Crippen LogP contribution in [0.25, 0.3) is 81.3 Å². The number of thiophene rings is 1.